The molecule has 0 radical (unpaired) electrons. The van der Waals surface area contributed by atoms with Gasteiger partial charge < -0.3 is 5.11 Å². The Balaban J connectivity index is 2.42. The molecule has 1 atom stereocenters. The molecular formula is C18H30O. The van der Waals surface area contributed by atoms with Gasteiger partial charge in [-0.15, -0.1) is 0 Å². The highest BCUT2D eigenvalue weighted by molar-refractivity contribution is 5.37. The van der Waals surface area contributed by atoms with E-state index in [1.54, 1.807) is 0 Å². The van der Waals surface area contributed by atoms with E-state index in [0.717, 1.165) is 19.3 Å². The van der Waals surface area contributed by atoms with Gasteiger partial charge in [-0.05, 0) is 50.3 Å². The van der Waals surface area contributed by atoms with Gasteiger partial charge in [-0.3, -0.25) is 0 Å². The zero-order valence-corrected chi connectivity index (χ0v) is 13.1. The second-order valence-corrected chi connectivity index (χ2v) is 5.94. The molecular weight excluding hydrogens is 232 g/mol. The number of unbranched alkanes of at least 4 members (excludes halogenated alkanes) is 4. The van der Waals surface area contributed by atoms with E-state index in [1.807, 2.05) is 0 Å². The first-order chi connectivity index (χ1) is 9.04. The topological polar surface area (TPSA) is 20.2 Å². The van der Waals surface area contributed by atoms with Crippen molar-refractivity contribution in [2.45, 2.75) is 78.7 Å². The van der Waals surface area contributed by atoms with E-state index < -0.39 is 0 Å². The minimum absolute atomic E-state index is 0.179. The molecule has 1 rings (SSSR count). The fourth-order valence-corrected chi connectivity index (χ4v) is 2.85. The molecule has 0 amide bonds. The lowest BCUT2D eigenvalue weighted by molar-refractivity contribution is 0.160. The van der Waals surface area contributed by atoms with Gasteiger partial charge in [0.05, 0.1) is 6.10 Å². The molecule has 0 aliphatic rings. The van der Waals surface area contributed by atoms with Gasteiger partial charge in [0.25, 0.3) is 0 Å². The van der Waals surface area contributed by atoms with Crippen LogP contribution in [0.2, 0.25) is 0 Å². The lowest BCUT2D eigenvalue weighted by Gasteiger charge is -2.15. The standard InChI is InChI=1S/C18H30O/c1-5-6-7-8-9-10-17(19)13-18-15(3)11-14(2)12-16(18)4/h11-12,17,19H,5-10,13H2,1-4H3. The highest BCUT2D eigenvalue weighted by Crippen LogP contribution is 2.19. The molecule has 1 nitrogen and oxygen atoms in total. The number of aliphatic hydroxyl groups is 1. The van der Waals surface area contributed by atoms with Gasteiger partial charge in [-0.1, -0.05) is 56.7 Å². The lowest BCUT2D eigenvalue weighted by Crippen LogP contribution is -2.12. The van der Waals surface area contributed by atoms with Crippen LogP contribution in [0.4, 0.5) is 0 Å². The molecule has 0 bridgehead atoms. The molecule has 1 unspecified atom stereocenters. The molecule has 0 aliphatic carbocycles. The molecule has 1 heteroatoms. The van der Waals surface area contributed by atoms with Gasteiger partial charge in [0.1, 0.15) is 0 Å². The summed E-state index contributed by atoms with van der Waals surface area (Å²) in [5.41, 5.74) is 5.30. The fraction of sp³-hybridized carbons (Fsp3) is 0.667. The molecule has 1 aromatic rings. The average molecular weight is 262 g/mol. The fourth-order valence-electron chi connectivity index (χ4n) is 2.85. The summed E-state index contributed by atoms with van der Waals surface area (Å²) in [5, 5.41) is 10.2. The summed E-state index contributed by atoms with van der Waals surface area (Å²) < 4.78 is 0. The smallest absolute Gasteiger partial charge is 0.0580 e. The second-order valence-electron chi connectivity index (χ2n) is 5.94. The van der Waals surface area contributed by atoms with Crippen molar-refractivity contribution >= 4 is 0 Å². The quantitative estimate of drug-likeness (QED) is 0.662. The normalized spacial score (nSPS) is 12.7. The number of rotatable bonds is 8. The Kier molecular flexibility index (Phi) is 7.15. The summed E-state index contributed by atoms with van der Waals surface area (Å²) in [4.78, 5) is 0. The number of aryl methyl sites for hydroxylation is 3. The predicted octanol–water partition coefficient (Wildman–Crippen LogP) is 4.88. The maximum Gasteiger partial charge on any atom is 0.0580 e. The highest BCUT2D eigenvalue weighted by atomic mass is 16.3. The Morgan fingerprint density at radius 2 is 1.53 bits per heavy atom. The summed E-state index contributed by atoms with van der Waals surface area (Å²) in [5.74, 6) is 0. The van der Waals surface area contributed by atoms with Crippen LogP contribution < -0.4 is 0 Å². The Bertz CT molecular complexity index is 358. The van der Waals surface area contributed by atoms with Crippen LogP contribution >= 0.6 is 0 Å². The van der Waals surface area contributed by atoms with E-state index in [0.29, 0.717) is 0 Å². The van der Waals surface area contributed by atoms with Crippen molar-refractivity contribution in [2.24, 2.45) is 0 Å². The van der Waals surface area contributed by atoms with Gasteiger partial charge in [-0.2, -0.15) is 0 Å². The van der Waals surface area contributed by atoms with E-state index in [-0.39, 0.29) is 6.10 Å². The minimum Gasteiger partial charge on any atom is -0.393 e. The van der Waals surface area contributed by atoms with Crippen LogP contribution in [0, 0.1) is 20.8 Å². The predicted molar refractivity (Wildman–Crippen MR) is 83.7 cm³/mol. The molecule has 1 aromatic carbocycles. The maximum atomic E-state index is 10.2. The first kappa shape index (κ1) is 16.2. The molecule has 19 heavy (non-hydrogen) atoms. The Morgan fingerprint density at radius 1 is 0.947 bits per heavy atom. The largest absolute Gasteiger partial charge is 0.393 e. The first-order valence-corrected chi connectivity index (χ1v) is 7.79. The zero-order valence-electron chi connectivity index (χ0n) is 13.1. The summed E-state index contributed by atoms with van der Waals surface area (Å²) in [6.45, 7) is 8.68. The Labute approximate surface area is 119 Å². The Morgan fingerprint density at radius 3 is 2.11 bits per heavy atom. The molecule has 0 heterocycles. The maximum absolute atomic E-state index is 10.2. The van der Waals surface area contributed by atoms with Crippen molar-refractivity contribution in [3.05, 3.63) is 34.4 Å². The van der Waals surface area contributed by atoms with Crippen LogP contribution in [0.25, 0.3) is 0 Å². The highest BCUT2D eigenvalue weighted by Gasteiger charge is 2.10. The van der Waals surface area contributed by atoms with Crippen molar-refractivity contribution in [3.8, 4) is 0 Å². The van der Waals surface area contributed by atoms with Crippen LogP contribution in [0.1, 0.15) is 67.7 Å². The molecule has 0 spiro atoms. The van der Waals surface area contributed by atoms with Gasteiger partial charge in [0, 0.05) is 0 Å². The van der Waals surface area contributed by atoms with Crippen molar-refractivity contribution in [1.29, 1.82) is 0 Å². The average Bonchev–Trinajstić information content (AvgIpc) is 2.33. The molecule has 0 fully saturated rings. The summed E-state index contributed by atoms with van der Waals surface area (Å²) in [7, 11) is 0. The van der Waals surface area contributed by atoms with Crippen LogP contribution in [-0.4, -0.2) is 11.2 Å². The third-order valence-corrected chi connectivity index (χ3v) is 3.92. The van der Waals surface area contributed by atoms with Crippen LogP contribution in [0.3, 0.4) is 0 Å². The van der Waals surface area contributed by atoms with E-state index in [9.17, 15) is 5.11 Å². The minimum atomic E-state index is -0.179. The molecule has 108 valence electrons. The van der Waals surface area contributed by atoms with E-state index >= 15 is 0 Å². The molecule has 0 aliphatic heterocycles. The van der Waals surface area contributed by atoms with Crippen LogP contribution in [-0.2, 0) is 6.42 Å². The number of hydrogen-bond acceptors (Lipinski definition) is 1. The zero-order chi connectivity index (χ0) is 14.3. The van der Waals surface area contributed by atoms with Gasteiger partial charge in [0.2, 0.25) is 0 Å². The van der Waals surface area contributed by atoms with Crippen molar-refractivity contribution in [2.75, 3.05) is 0 Å². The number of hydrogen-bond donors (Lipinski definition) is 1. The first-order valence-electron chi connectivity index (χ1n) is 7.79. The Hall–Kier alpha value is -0.820. The van der Waals surface area contributed by atoms with Gasteiger partial charge in [0.15, 0.2) is 0 Å². The van der Waals surface area contributed by atoms with Crippen molar-refractivity contribution in [1.82, 2.24) is 0 Å². The van der Waals surface area contributed by atoms with Gasteiger partial charge >= 0.3 is 0 Å². The third kappa shape index (κ3) is 5.78. The number of benzene rings is 1. The molecule has 0 saturated carbocycles. The van der Waals surface area contributed by atoms with Crippen molar-refractivity contribution in [3.63, 3.8) is 0 Å². The SMILES string of the molecule is CCCCCCCC(O)Cc1c(C)cc(C)cc1C. The van der Waals surface area contributed by atoms with E-state index in [1.165, 1.54) is 47.9 Å². The number of aliphatic hydroxyl groups excluding tert-OH is 1. The summed E-state index contributed by atoms with van der Waals surface area (Å²) in [6, 6.07) is 4.44. The summed E-state index contributed by atoms with van der Waals surface area (Å²) >= 11 is 0. The van der Waals surface area contributed by atoms with Crippen molar-refractivity contribution < 1.29 is 5.11 Å². The van der Waals surface area contributed by atoms with Gasteiger partial charge in [-0.25, -0.2) is 0 Å². The third-order valence-electron chi connectivity index (χ3n) is 3.92. The molecule has 0 aromatic heterocycles. The summed E-state index contributed by atoms with van der Waals surface area (Å²) in [6.07, 6.45) is 7.91. The van der Waals surface area contributed by atoms with Crippen LogP contribution in [0.15, 0.2) is 12.1 Å². The lowest BCUT2D eigenvalue weighted by atomic mass is 9.93. The van der Waals surface area contributed by atoms with E-state index in [2.05, 4.69) is 39.8 Å². The molecule has 1 N–H and O–H groups in total. The monoisotopic (exact) mass is 262 g/mol. The van der Waals surface area contributed by atoms with E-state index in [4.69, 9.17) is 0 Å². The molecule has 0 saturated heterocycles. The second kappa shape index (κ2) is 8.37. The van der Waals surface area contributed by atoms with Crippen LogP contribution in [0.5, 0.6) is 0 Å².